The minimum atomic E-state index is 0.0324. The molecule has 2 N–H and O–H groups in total. The normalized spacial score (nSPS) is 14.9. The molecule has 0 bridgehead atoms. The van der Waals surface area contributed by atoms with Crippen LogP contribution in [0.25, 0.3) is 0 Å². The highest BCUT2D eigenvalue weighted by Crippen LogP contribution is 2.22. The Kier molecular flexibility index (Phi) is 7.53. The second-order valence-electron chi connectivity index (χ2n) is 7.32. The highest BCUT2D eigenvalue weighted by atomic mass is 35.5. The minimum absolute atomic E-state index is 0.0324. The summed E-state index contributed by atoms with van der Waals surface area (Å²) in [5, 5.41) is 7.37. The number of benzene rings is 2. The molecule has 0 spiro atoms. The summed E-state index contributed by atoms with van der Waals surface area (Å²) in [6.45, 7) is 4.26. The maximum atomic E-state index is 12.6. The summed E-state index contributed by atoms with van der Waals surface area (Å²) in [5.41, 5.74) is 3.65. The lowest BCUT2D eigenvalue weighted by Crippen LogP contribution is -2.40. The molecule has 154 valence electrons. The summed E-state index contributed by atoms with van der Waals surface area (Å²) in [6.07, 6.45) is 2.24. The third-order valence-electron chi connectivity index (χ3n) is 5.29. The lowest BCUT2D eigenvalue weighted by molar-refractivity contribution is -0.132. The van der Waals surface area contributed by atoms with E-state index in [-0.39, 0.29) is 11.9 Å². The van der Waals surface area contributed by atoms with E-state index < -0.39 is 0 Å². The molecule has 2 aromatic carbocycles. The molecule has 6 heteroatoms. The van der Waals surface area contributed by atoms with Crippen molar-refractivity contribution in [1.29, 1.82) is 0 Å². The van der Waals surface area contributed by atoms with Gasteiger partial charge in [-0.2, -0.15) is 0 Å². The van der Waals surface area contributed by atoms with Crippen LogP contribution in [-0.4, -0.2) is 36.9 Å². The van der Waals surface area contributed by atoms with Crippen LogP contribution in [0, 0.1) is 0 Å². The number of aliphatic imine (C=N–C) groups is 1. The van der Waals surface area contributed by atoms with Crippen LogP contribution >= 0.6 is 11.6 Å². The Labute approximate surface area is 178 Å². The topological polar surface area (TPSA) is 56.7 Å². The number of nitrogens with zero attached hydrogens (tertiary/aromatic N) is 2. The molecule has 1 heterocycles. The first-order valence-corrected chi connectivity index (χ1v) is 10.5. The predicted molar refractivity (Wildman–Crippen MR) is 119 cm³/mol. The van der Waals surface area contributed by atoms with Gasteiger partial charge in [0.15, 0.2) is 5.96 Å². The van der Waals surface area contributed by atoms with Crippen molar-refractivity contribution in [3.63, 3.8) is 0 Å². The first-order chi connectivity index (χ1) is 14.1. The number of carbonyl (C=O) groups excluding carboxylic acids is 1. The first-order valence-electron chi connectivity index (χ1n) is 10.1. The van der Waals surface area contributed by atoms with Crippen LogP contribution in [0.4, 0.5) is 0 Å². The van der Waals surface area contributed by atoms with E-state index in [4.69, 9.17) is 11.6 Å². The molecule has 1 aliphatic rings. The molecule has 1 amide bonds. The molecule has 3 rings (SSSR count). The Morgan fingerprint density at radius 2 is 1.90 bits per heavy atom. The SMILES string of the molecule is CN=C(NCCCC(=O)N1CCc2ccccc2C1)NC(C)c1ccccc1Cl. The highest BCUT2D eigenvalue weighted by Gasteiger charge is 2.19. The molecule has 5 nitrogen and oxygen atoms in total. The summed E-state index contributed by atoms with van der Waals surface area (Å²) in [7, 11) is 1.74. The van der Waals surface area contributed by atoms with E-state index in [1.54, 1.807) is 7.05 Å². The average Bonchev–Trinajstić information content (AvgIpc) is 2.75. The van der Waals surface area contributed by atoms with Gasteiger partial charge in [0, 0.05) is 38.1 Å². The van der Waals surface area contributed by atoms with Crippen molar-refractivity contribution in [2.75, 3.05) is 20.1 Å². The maximum Gasteiger partial charge on any atom is 0.222 e. The van der Waals surface area contributed by atoms with Gasteiger partial charge in [-0.1, -0.05) is 54.1 Å². The maximum absolute atomic E-state index is 12.6. The van der Waals surface area contributed by atoms with Gasteiger partial charge in [0.2, 0.25) is 5.91 Å². The van der Waals surface area contributed by atoms with Crippen LogP contribution in [-0.2, 0) is 17.8 Å². The molecule has 0 saturated heterocycles. The number of rotatable bonds is 6. The van der Waals surface area contributed by atoms with Gasteiger partial charge in [-0.15, -0.1) is 0 Å². The molecule has 0 aliphatic carbocycles. The van der Waals surface area contributed by atoms with Crippen molar-refractivity contribution in [3.05, 3.63) is 70.2 Å². The van der Waals surface area contributed by atoms with Crippen LogP contribution in [0.5, 0.6) is 0 Å². The largest absolute Gasteiger partial charge is 0.356 e. The Bertz CT molecular complexity index is 867. The van der Waals surface area contributed by atoms with Crippen LogP contribution in [0.3, 0.4) is 0 Å². The van der Waals surface area contributed by atoms with Crippen LogP contribution in [0.1, 0.15) is 42.5 Å². The van der Waals surface area contributed by atoms with Crippen molar-refractivity contribution >= 4 is 23.5 Å². The third-order valence-corrected chi connectivity index (χ3v) is 5.64. The van der Waals surface area contributed by atoms with Crippen molar-refractivity contribution in [3.8, 4) is 0 Å². The van der Waals surface area contributed by atoms with E-state index in [9.17, 15) is 4.79 Å². The zero-order chi connectivity index (χ0) is 20.6. The van der Waals surface area contributed by atoms with Gasteiger partial charge in [-0.25, -0.2) is 0 Å². The second-order valence-corrected chi connectivity index (χ2v) is 7.73. The van der Waals surface area contributed by atoms with Gasteiger partial charge in [0.25, 0.3) is 0 Å². The summed E-state index contributed by atoms with van der Waals surface area (Å²) in [5.74, 6) is 0.922. The fourth-order valence-corrected chi connectivity index (χ4v) is 3.92. The molecule has 2 aromatic rings. The van der Waals surface area contributed by atoms with E-state index in [1.165, 1.54) is 11.1 Å². The molecule has 0 radical (unpaired) electrons. The van der Waals surface area contributed by atoms with Gasteiger partial charge < -0.3 is 15.5 Å². The summed E-state index contributed by atoms with van der Waals surface area (Å²) in [4.78, 5) is 18.8. The number of hydrogen-bond acceptors (Lipinski definition) is 2. The number of hydrogen-bond donors (Lipinski definition) is 2. The fraction of sp³-hybridized carbons (Fsp3) is 0.391. The van der Waals surface area contributed by atoms with E-state index in [2.05, 4.69) is 33.8 Å². The van der Waals surface area contributed by atoms with Crippen LogP contribution in [0.15, 0.2) is 53.5 Å². The number of fused-ring (bicyclic) bond motifs is 1. The third kappa shape index (κ3) is 5.73. The molecule has 0 saturated carbocycles. The first kappa shape index (κ1) is 21.2. The van der Waals surface area contributed by atoms with Gasteiger partial charge >= 0.3 is 0 Å². The zero-order valence-corrected chi connectivity index (χ0v) is 17.9. The van der Waals surface area contributed by atoms with E-state index in [0.29, 0.717) is 18.9 Å². The molecular weight excluding hydrogens is 384 g/mol. The molecule has 29 heavy (non-hydrogen) atoms. The standard InChI is InChI=1S/C23H29ClN4O/c1-17(20-10-5-6-11-21(20)24)27-23(25-2)26-14-7-12-22(29)28-15-13-18-8-3-4-9-19(18)16-28/h3-6,8-11,17H,7,12-16H2,1-2H3,(H2,25,26,27). The molecule has 0 fully saturated rings. The Morgan fingerprint density at radius 3 is 2.66 bits per heavy atom. The highest BCUT2D eigenvalue weighted by molar-refractivity contribution is 6.31. The number of halogens is 1. The number of carbonyl (C=O) groups is 1. The summed E-state index contributed by atoms with van der Waals surface area (Å²) < 4.78 is 0. The summed E-state index contributed by atoms with van der Waals surface area (Å²) >= 11 is 6.27. The van der Waals surface area contributed by atoms with Crippen molar-refractivity contribution < 1.29 is 4.79 Å². The average molecular weight is 413 g/mol. The number of nitrogens with one attached hydrogen (secondary N) is 2. The van der Waals surface area contributed by atoms with Crippen LogP contribution in [0.2, 0.25) is 5.02 Å². The Morgan fingerprint density at radius 1 is 1.17 bits per heavy atom. The summed E-state index contributed by atoms with van der Waals surface area (Å²) in [6, 6.07) is 16.2. The fourth-order valence-electron chi connectivity index (χ4n) is 3.62. The molecule has 0 aromatic heterocycles. The van der Waals surface area contributed by atoms with Gasteiger partial charge in [0.05, 0.1) is 6.04 Å². The zero-order valence-electron chi connectivity index (χ0n) is 17.1. The van der Waals surface area contributed by atoms with Gasteiger partial charge in [0.1, 0.15) is 0 Å². The monoisotopic (exact) mass is 412 g/mol. The van der Waals surface area contributed by atoms with Crippen molar-refractivity contribution in [2.45, 2.75) is 38.8 Å². The van der Waals surface area contributed by atoms with E-state index >= 15 is 0 Å². The Balaban J connectivity index is 1.41. The number of amides is 1. The lowest BCUT2D eigenvalue weighted by Gasteiger charge is -2.29. The molecule has 1 aliphatic heterocycles. The van der Waals surface area contributed by atoms with Gasteiger partial charge in [-0.3, -0.25) is 9.79 Å². The smallest absolute Gasteiger partial charge is 0.222 e. The van der Waals surface area contributed by atoms with Crippen molar-refractivity contribution in [2.24, 2.45) is 4.99 Å². The molecule has 1 unspecified atom stereocenters. The second kappa shape index (κ2) is 10.3. The minimum Gasteiger partial charge on any atom is -0.356 e. The molecular formula is C23H29ClN4O. The van der Waals surface area contributed by atoms with E-state index in [0.717, 1.165) is 36.5 Å². The molecule has 1 atom stereocenters. The lowest BCUT2D eigenvalue weighted by atomic mass is 9.99. The quantitative estimate of drug-likeness (QED) is 0.429. The van der Waals surface area contributed by atoms with Crippen LogP contribution < -0.4 is 10.6 Å². The van der Waals surface area contributed by atoms with E-state index in [1.807, 2.05) is 42.2 Å². The number of guanidine groups is 1. The van der Waals surface area contributed by atoms with Gasteiger partial charge in [-0.05, 0) is 42.5 Å². The predicted octanol–water partition coefficient (Wildman–Crippen LogP) is 3.93. The Hall–Kier alpha value is -2.53. The van der Waals surface area contributed by atoms with Crippen molar-refractivity contribution in [1.82, 2.24) is 15.5 Å².